The Hall–Kier alpha value is -2.95. The molecule has 1 unspecified atom stereocenters. The highest BCUT2D eigenvalue weighted by Crippen LogP contribution is 2.32. The average molecular weight is 350 g/mol. The lowest BCUT2D eigenvalue weighted by Crippen LogP contribution is -2.43. The van der Waals surface area contributed by atoms with E-state index in [4.69, 9.17) is 0 Å². The third-order valence-electron chi connectivity index (χ3n) is 4.96. The summed E-state index contributed by atoms with van der Waals surface area (Å²) in [5.41, 5.74) is 2.04. The van der Waals surface area contributed by atoms with E-state index < -0.39 is 11.6 Å². The maximum Gasteiger partial charge on any atom is 0.325 e. The molecule has 1 aliphatic heterocycles. The Labute approximate surface area is 153 Å². The Balaban J connectivity index is 1.88. The number of ketones is 1. The van der Waals surface area contributed by atoms with E-state index in [1.807, 2.05) is 63.2 Å². The summed E-state index contributed by atoms with van der Waals surface area (Å²) >= 11 is 0. The number of imide groups is 1. The Morgan fingerprint density at radius 2 is 1.77 bits per heavy atom. The van der Waals surface area contributed by atoms with E-state index in [1.165, 1.54) is 0 Å². The van der Waals surface area contributed by atoms with E-state index in [0.717, 1.165) is 21.6 Å². The van der Waals surface area contributed by atoms with Crippen molar-refractivity contribution in [1.82, 2.24) is 10.2 Å². The fourth-order valence-corrected chi connectivity index (χ4v) is 3.49. The molecule has 1 heterocycles. The van der Waals surface area contributed by atoms with Gasteiger partial charge in [-0.2, -0.15) is 0 Å². The van der Waals surface area contributed by atoms with Crippen LogP contribution < -0.4 is 5.32 Å². The number of Topliss-reactive ketones (excluding diaryl/α,β-unsaturated/α-hetero) is 1. The predicted octanol–water partition coefficient (Wildman–Crippen LogP) is 3.34. The fourth-order valence-electron chi connectivity index (χ4n) is 3.49. The van der Waals surface area contributed by atoms with Gasteiger partial charge < -0.3 is 5.32 Å². The van der Waals surface area contributed by atoms with E-state index in [-0.39, 0.29) is 18.2 Å². The zero-order valence-corrected chi connectivity index (χ0v) is 15.2. The molecule has 1 atom stereocenters. The van der Waals surface area contributed by atoms with Crippen molar-refractivity contribution >= 4 is 17.7 Å². The molecule has 0 aliphatic carbocycles. The molecular formula is C21H22N2O3. The van der Waals surface area contributed by atoms with Crippen molar-refractivity contribution in [3.8, 4) is 0 Å². The van der Waals surface area contributed by atoms with Crippen LogP contribution in [0.15, 0.2) is 48.5 Å². The van der Waals surface area contributed by atoms with Gasteiger partial charge in [-0.15, -0.1) is 0 Å². The number of benzene rings is 2. The van der Waals surface area contributed by atoms with Gasteiger partial charge in [0.2, 0.25) is 0 Å². The first-order chi connectivity index (χ1) is 12.4. The van der Waals surface area contributed by atoms with E-state index in [2.05, 4.69) is 5.32 Å². The minimum Gasteiger partial charge on any atom is -0.319 e. The number of amides is 3. The number of nitrogens with one attached hydrogen (secondary N) is 1. The van der Waals surface area contributed by atoms with Crippen LogP contribution in [0.25, 0.3) is 0 Å². The van der Waals surface area contributed by atoms with Gasteiger partial charge in [0.05, 0.1) is 6.54 Å². The van der Waals surface area contributed by atoms with Gasteiger partial charge in [0.1, 0.15) is 5.54 Å². The van der Waals surface area contributed by atoms with Gasteiger partial charge in [0.25, 0.3) is 5.91 Å². The molecule has 0 bridgehead atoms. The topological polar surface area (TPSA) is 66.5 Å². The van der Waals surface area contributed by atoms with E-state index in [9.17, 15) is 14.4 Å². The summed E-state index contributed by atoms with van der Waals surface area (Å²) < 4.78 is 0. The molecular weight excluding hydrogens is 328 g/mol. The lowest BCUT2D eigenvalue weighted by atomic mass is 9.87. The van der Waals surface area contributed by atoms with Crippen LogP contribution in [0.3, 0.4) is 0 Å². The number of carbonyl (C=O) groups excluding carboxylic acids is 3. The molecule has 5 heteroatoms. The molecule has 5 nitrogen and oxygen atoms in total. The Bertz CT molecular complexity index is 876. The first-order valence-electron chi connectivity index (χ1n) is 8.69. The molecule has 0 aromatic heterocycles. The second kappa shape index (κ2) is 6.75. The molecule has 1 fully saturated rings. The Morgan fingerprint density at radius 1 is 1.08 bits per heavy atom. The lowest BCUT2D eigenvalue weighted by Gasteiger charge is -2.25. The zero-order chi connectivity index (χ0) is 18.9. The van der Waals surface area contributed by atoms with Crippen LogP contribution in [0.2, 0.25) is 0 Å². The third-order valence-corrected chi connectivity index (χ3v) is 4.96. The second-order valence-corrected chi connectivity index (χ2v) is 6.69. The third kappa shape index (κ3) is 2.90. The number of urea groups is 1. The monoisotopic (exact) mass is 350 g/mol. The van der Waals surface area contributed by atoms with Crippen LogP contribution >= 0.6 is 0 Å². The van der Waals surface area contributed by atoms with Gasteiger partial charge in [-0.25, -0.2) is 4.79 Å². The van der Waals surface area contributed by atoms with Crippen LogP contribution in [0.4, 0.5) is 4.79 Å². The molecule has 0 saturated carbocycles. The molecule has 26 heavy (non-hydrogen) atoms. The SMILES string of the molecule is CCC1(c2ccccc2)NC(=O)N(CC(=O)c2ccc(C)cc2C)C1=O. The lowest BCUT2D eigenvalue weighted by molar-refractivity contribution is -0.131. The summed E-state index contributed by atoms with van der Waals surface area (Å²) in [6.07, 6.45) is 0.413. The summed E-state index contributed by atoms with van der Waals surface area (Å²) in [5, 5.41) is 2.80. The van der Waals surface area contributed by atoms with Crippen molar-refractivity contribution < 1.29 is 14.4 Å². The van der Waals surface area contributed by atoms with Crippen LogP contribution in [0.5, 0.6) is 0 Å². The molecule has 3 amide bonds. The summed E-state index contributed by atoms with van der Waals surface area (Å²) in [5.74, 6) is -0.625. The molecule has 2 aromatic carbocycles. The van der Waals surface area contributed by atoms with Crippen molar-refractivity contribution in [2.75, 3.05) is 6.54 Å². The summed E-state index contributed by atoms with van der Waals surface area (Å²) in [4.78, 5) is 39.3. The van der Waals surface area contributed by atoms with Crippen LogP contribution in [-0.4, -0.2) is 29.2 Å². The van der Waals surface area contributed by atoms with Crippen LogP contribution in [-0.2, 0) is 10.3 Å². The summed E-state index contributed by atoms with van der Waals surface area (Å²) in [6.45, 7) is 5.39. The molecule has 2 aromatic rings. The second-order valence-electron chi connectivity index (χ2n) is 6.69. The van der Waals surface area contributed by atoms with Gasteiger partial charge in [0.15, 0.2) is 5.78 Å². The van der Waals surface area contributed by atoms with E-state index in [1.54, 1.807) is 6.07 Å². The number of nitrogens with zero attached hydrogens (tertiary/aromatic N) is 1. The standard InChI is InChI=1S/C21H22N2O3/c1-4-21(16-8-6-5-7-9-16)19(25)23(20(26)22-21)13-18(24)17-11-10-14(2)12-15(17)3/h5-12H,4,13H2,1-3H3,(H,22,26). The predicted molar refractivity (Wildman–Crippen MR) is 98.9 cm³/mol. The number of carbonyl (C=O) groups is 3. The Kier molecular flexibility index (Phi) is 4.64. The van der Waals surface area contributed by atoms with Crippen molar-refractivity contribution in [3.63, 3.8) is 0 Å². The first-order valence-corrected chi connectivity index (χ1v) is 8.69. The van der Waals surface area contributed by atoms with Crippen molar-refractivity contribution in [1.29, 1.82) is 0 Å². The molecule has 134 valence electrons. The van der Waals surface area contributed by atoms with Crippen molar-refractivity contribution in [3.05, 3.63) is 70.8 Å². The van der Waals surface area contributed by atoms with Gasteiger partial charge in [-0.05, 0) is 31.4 Å². The largest absolute Gasteiger partial charge is 0.325 e. The normalized spacial score (nSPS) is 19.6. The number of aryl methyl sites for hydroxylation is 2. The van der Waals surface area contributed by atoms with Crippen molar-refractivity contribution in [2.24, 2.45) is 0 Å². The maximum atomic E-state index is 13.1. The highest BCUT2D eigenvalue weighted by Gasteiger charge is 2.51. The van der Waals surface area contributed by atoms with Gasteiger partial charge >= 0.3 is 6.03 Å². The Morgan fingerprint density at radius 3 is 2.38 bits per heavy atom. The summed E-state index contributed by atoms with van der Waals surface area (Å²) in [7, 11) is 0. The molecule has 1 saturated heterocycles. The molecule has 0 spiro atoms. The smallest absolute Gasteiger partial charge is 0.319 e. The zero-order valence-electron chi connectivity index (χ0n) is 15.2. The quantitative estimate of drug-likeness (QED) is 0.664. The molecule has 3 rings (SSSR count). The minimum absolute atomic E-state index is 0.244. The van der Waals surface area contributed by atoms with Gasteiger partial charge in [-0.1, -0.05) is 61.0 Å². The average Bonchev–Trinajstić information content (AvgIpc) is 2.87. The highest BCUT2D eigenvalue weighted by atomic mass is 16.2. The van der Waals surface area contributed by atoms with E-state index >= 15 is 0 Å². The highest BCUT2D eigenvalue weighted by molar-refractivity contribution is 6.11. The number of rotatable bonds is 5. The van der Waals surface area contributed by atoms with Crippen molar-refractivity contribution in [2.45, 2.75) is 32.7 Å². The van der Waals surface area contributed by atoms with Crippen LogP contribution in [0.1, 0.15) is 40.4 Å². The van der Waals surface area contributed by atoms with Crippen LogP contribution in [0, 0.1) is 13.8 Å². The summed E-state index contributed by atoms with van der Waals surface area (Å²) in [6, 6.07) is 14.1. The molecule has 0 radical (unpaired) electrons. The maximum absolute atomic E-state index is 13.1. The first kappa shape index (κ1) is 17.9. The van der Waals surface area contributed by atoms with E-state index in [0.29, 0.717) is 12.0 Å². The molecule has 1 N–H and O–H groups in total. The molecule has 1 aliphatic rings. The van der Waals surface area contributed by atoms with Gasteiger partial charge in [0, 0.05) is 5.56 Å². The fraction of sp³-hybridized carbons (Fsp3) is 0.286. The minimum atomic E-state index is -1.11. The number of hydrogen-bond donors (Lipinski definition) is 1. The van der Waals surface area contributed by atoms with Gasteiger partial charge in [-0.3, -0.25) is 14.5 Å². The number of hydrogen-bond acceptors (Lipinski definition) is 3.